The van der Waals surface area contributed by atoms with Crippen molar-refractivity contribution in [1.82, 2.24) is 16.0 Å². The molecule has 14 N–H and O–H groups in total. The van der Waals surface area contributed by atoms with Crippen molar-refractivity contribution in [1.29, 1.82) is 0 Å². The van der Waals surface area contributed by atoms with E-state index in [4.69, 9.17) is 33.1 Å². The Morgan fingerprint density at radius 1 is 0.750 bits per heavy atom. The van der Waals surface area contributed by atoms with Crippen LogP contribution in [0.5, 0.6) is 0 Å². The summed E-state index contributed by atoms with van der Waals surface area (Å²) < 4.78 is 0. The zero-order valence-electron chi connectivity index (χ0n) is 19.5. The Labute approximate surface area is 206 Å². The zero-order valence-corrected chi connectivity index (χ0v) is 19.5. The zero-order chi connectivity index (χ0) is 27.8. The number of carbonyl (C=O) groups is 6. The smallest absolute Gasteiger partial charge is 0.326 e. The number of amides is 4. The first-order valence-corrected chi connectivity index (χ1v) is 10.8. The minimum Gasteiger partial charge on any atom is -0.481 e. The molecule has 0 aliphatic heterocycles. The summed E-state index contributed by atoms with van der Waals surface area (Å²) in [5, 5.41) is 34.1. The van der Waals surface area contributed by atoms with Crippen molar-refractivity contribution in [3.63, 3.8) is 0 Å². The SMILES string of the molecule is NC(=O)CCC(NC(=O)C(N)CO)C(=O)NC(CCC(=O)O)C(=O)NC(CCCN=C(N)N)C(=O)O. The molecule has 17 heteroatoms. The van der Waals surface area contributed by atoms with Crippen LogP contribution in [0, 0.1) is 0 Å². The van der Waals surface area contributed by atoms with Gasteiger partial charge in [0.05, 0.1) is 6.61 Å². The van der Waals surface area contributed by atoms with E-state index in [9.17, 15) is 33.9 Å². The van der Waals surface area contributed by atoms with Gasteiger partial charge in [0.25, 0.3) is 0 Å². The molecule has 0 aliphatic carbocycles. The number of carboxylic acid groups (broad SMARTS) is 2. The van der Waals surface area contributed by atoms with Gasteiger partial charge in [-0.15, -0.1) is 0 Å². The lowest BCUT2D eigenvalue weighted by molar-refractivity contribution is -0.143. The van der Waals surface area contributed by atoms with Crippen molar-refractivity contribution in [2.45, 2.75) is 62.7 Å². The van der Waals surface area contributed by atoms with Gasteiger partial charge in [-0.05, 0) is 25.7 Å². The first-order chi connectivity index (χ1) is 16.8. The Morgan fingerprint density at radius 3 is 1.69 bits per heavy atom. The van der Waals surface area contributed by atoms with E-state index >= 15 is 0 Å². The number of rotatable bonds is 18. The number of aliphatic hydroxyl groups is 1. The molecule has 4 atom stereocenters. The summed E-state index contributed by atoms with van der Waals surface area (Å²) in [6.45, 7) is -0.641. The van der Waals surface area contributed by atoms with Crippen LogP contribution in [0.15, 0.2) is 4.99 Å². The molecule has 0 saturated carbocycles. The standard InChI is InChI=1S/C19H34N8O9/c20-9(8-28)15(32)25-10(3-5-13(21)29)16(33)26-11(4-6-14(30)31)17(34)27-12(18(35)36)2-1-7-24-19(22)23/h9-12,28H,1-8,20H2,(H2,21,29)(H,25,32)(H,26,33)(H,27,34)(H,30,31)(H,35,36)(H4,22,23,24). The van der Waals surface area contributed by atoms with Crippen LogP contribution in [0.4, 0.5) is 0 Å². The molecule has 0 aromatic heterocycles. The van der Waals surface area contributed by atoms with Crippen molar-refractivity contribution >= 4 is 41.5 Å². The molecule has 0 rings (SSSR count). The first-order valence-electron chi connectivity index (χ1n) is 10.8. The van der Waals surface area contributed by atoms with Crippen molar-refractivity contribution in [2.24, 2.45) is 27.9 Å². The predicted molar refractivity (Wildman–Crippen MR) is 124 cm³/mol. The van der Waals surface area contributed by atoms with Crippen LogP contribution in [0.2, 0.25) is 0 Å². The third kappa shape index (κ3) is 13.7. The second-order valence-electron chi connectivity index (χ2n) is 7.70. The van der Waals surface area contributed by atoms with Crippen LogP contribution in [0.25, 0.3) is 0 Å². The molecule has 0 spiro atoms. The van der Waals surface area contributed by atoms with E-state index in [1.165, 1.54) is 0 Å². The quantitative estimate of drug-likeness (QED) is 0.0463. The summed E-state index contributed by atoms with van der Waals surface area (Å²) in [7, 11) is 0. The summed E-state index contributed by atoms with van der Waals surface area (Å²) in [5.74, 6) is -6.58. The number of aliphatic imine (C=N–C) groups is 1. The Bertz CT molecular complexity index is 832. The molecule has 0 aromatic carbocycles. The number of carbonyl (C=O) groups excluding carboxylic acids is 4. The van der Waals surface area contributed by atoms with E-state index in [-0.39, 0.29) is 38.2 Å². The minimum atomic E-state index is -1.51. The van der Waals surface area contributed by atoms with Gasteiger partial charge in [0, 0.05) is 19.4 Å². The van der Waals surface area contributed by atoms with Crippen molar-refractivity contribution in [3.8, 4) is 0 Å². The molecule has 0 radical (unpaired) electrons. The third-order valence-electron chi connectivity index (χ3n) is 4.69. The number of aliphatic carboxylic acids is 2. The maximum Gasteiger partial charge on any atom is 0.326 e. The Kier molecular flexibility index (Phi) is 14.8. The highest BCUT2D eigenvalue weighted by Gasteiger charge is 2.30. The third-order valence-corrected chi connectivity index (χ3v) is 4.69. The van der Waals surface area contributed by atoms with Crippen molar-refractivity contribution in [3.05, 3.63) is 0 Å². The Hall–Kier alpha value is -3.99. The molecular formula is C19H34N8O9. The largest absolute Gasteiger partial charge is 0.481 e. The monoisotopic (exact) mass is 518 g/mol. The summed E-state index contributed by atoms with van der Waals surface area (Å²) >= 11 is 0. The number of aliphatic hydroxyl groups excluding tert-OH is 1. The molecule has 0 fully saturated rings. The molecule has 204 valence electrons. The molecule has 17 nitrogen and oxygen atoms in total. The van der Waals surface area contributed by atoms with Crippen LogP contribution in [-0.2, 0) is 28.8 Å². The number of carboxylic acids is 2. The van der Waals surface area contributed by atoms with E-state index in [2.05, 4.69) is 20.9 Å². The highest BCUT2D eigenvalue weighted by Crippen LogP contribution is 2.06. The van der Waals surface area contributed by atoms with Gasteiger partial charge in [-0.25, -0.2) is 4.79 Å². The van der Waals surface area contributed by atoms with E-state index in [1.807, 2.05) is 0 Å². The normalized spacial score (nSPS) is 13.8. The van der Waals surface area contributed by atoms with Crippen molar-refractivity contribution in [2.75, 3.05) is 13.2 Å². The fourth-order valence-corrected chi connectivity index (χ4v) is 2.76. The van der Waals surface area contributed by atoms with Crippen LogP contribution >= 0.6 is 0 Å². The number of primary amides is 1. The van der Waals surface area contributed by atoms with Gasteiger partial charge in [0.15, 0.2) is 5.96 Å². The Morgan fingerprint density at radius 2 is 1.25 bits per heavy atom. The average Bonchev–Trinajstić information content (AvgIpc) is 2.79. The topological polar surface area (TPSA) is 316 Å². The lowest BCUT2D eigenvalue weighted by atomic mass is 10.1. The van der Waals surface area contributed by atoms with Gasteiger partial charge < -0.3 is 54.2 Å². The maximum absolute atomic E-state index is 12.8. The van der Waals surface area contributed by atoms with E-state index in [1.54, 1.807) is 0 Å². The van der Waals surface area contributed by atoms with E-state index in [0.717, 1.165) is 0 Å². The number of hydrogen-bond acceptors (Lipinski definition) is 9. The van der Waals surface area contributed by atoms with Gasteiger partial charge in [-0.3, -0.25) is 29.0 Å². The van der Waals surface area contributed by atoms with Crippen LogP contribution in [-0.4, -0.2) is 94.2 Å². The molecule has 0 aromatic rings. The fraction of sp³-hybridized carbons (Fsp3) is 0.632. The number of guanidine groups is 1. The minimum absolute atomic E-state index is 0.0756. The number of nitrogens with two attached hydrogens (primary N) is 4. The number of hydrogen-bond donors (Lipinski definition) is 10. The molecule has 0 aliphatic rings. The van der Waals surface area contributed by atoms with Crippen molar-refractivity contribution < 1.29 is 44.1 Å². The molecule has 0 saturated heterocycles. The number of nitrogens with zero attached hydrogens (tertiary/aromatic N) is 1. The van der Waals surface area contributed by atoms with Crippen LogP contribution in [0.1, 0.15) is 38.5 Å². The second-order valence-corrected chi connectivity index (χ2v) is 7.70. The summed E-state index contributed by atoms with van der Waals surface area (Å²) in [4.78, 5) is 75.0. The predicted octanol–water partition coefficient (Wildman–Crippen LogP) is -4.97. The van der Waals surface area contributed by atoms with Crippen LogP contribution in [0.3, 0.4) is 0 Å². The fourth-order valence-electron chi connectivity index (χ4n) is 2.76. The lowest BCUT2D eigenvalue weighted by Crippen LogP contribution is -2.57. The van der Waals surface area contributed by atoms with E-state index in [0.29, 0.717) is 0 Å². The van der Waals surface area contributed by atoms with Gasteiger partial charge in [0.2, 0.25) is 23.6 Å². The lowest BCUT2D eigenvalue weighted by Gasteiger charge is -2.24. The van der Waals surface area contributed by atoms with Gasteiger partial charge in [-0.2, -0.15) is 0 Å². The molecule has 4 unspecified atom stereocenters. The molecule has 36 heavy (non-hydrogen) atoms. The highest BCUT2D eigenvalue weighted by molar-refractivity contribution is 5.94. The highest BCUT2D eigenvalue weighted by atomic mass is 16.4. The van der Waals surface area contributed by atoms with Crippen LogP contribution < -0.4 is 38.9 Å². The summed E-state index contributed by atoms with van der Waals surface area (Å²) in [6.07, 6.45) is -1.49. The van der Waals surface area contributed by atoms with Gasteiger partial charge in [0.1, 0.15) is 24.2 Å². The Balaban J connectivity index is 5.55. The van der Waals surface area contributed by atoms with Gasteiger partial charge in [-0.1, -0.05) is 0 Å². The molecule has 0 heterocycles. The first kappa shape index (κ1) is 32.0. The average molecular weight is 519 g/mol. The number of nitrogens with one attached hydrogen (secondary N) is 3. The summed E-state index contributed by atoms with van der Waals surface area (Å²) in [6, 6.07) is -5.70. The summed E-state index contributed by atoms with van der Waals surface area (Å²) in [5.41, 5.74) is 20.9. The maximum atomic E-state index is 12.8. The van der Waals surface area contributed by atoms with Gasteiger partial charge >= 0.3 is 11.9 Å². The van der Waals surface area contributed by atoms with E-state index < -0.39 is 79.2 Å². The second kappa shape index (κ2) is 16.6. The molecule has 0 bridgehead atoms. The molecule has 4 amide bonds. The molecular weight excluding hydrogens is 484 g/mol.